The van der Waals surface area contributed by atoms with E-state index in [1.807, 2.05) is 0 Å². The van der Waals surface area contributed by atoms with Crippen LogP contribution in [0.15, 0.2) is 0 Å². The van der Waals surface area contributed by atoms with Crippen molar-refractivity contribution in [1.82, 2.24) is 0 Å². The molecule has 0 aromatic carbocycles. The molecule has 4 heteroatoms. The second-order valence-electron chi connectivity index (χ2n) is 7.53. The average molecular weight is 276 g/mol. The molecule has 5 fully saturated rings. The van der Waals surface area contributed by atoms with Crippen molar-refractivity contribution in [3.63, 3.8) is 0 Å². The van der Waals surface area contributed by atoms with E-state index in [1.54, 1.807) is 0 Å². The third-order valence-electron chi connectivity index (χ3n) is 7.64. The van der Waals surface area contributed by atoms with Crippen LogP contribution in [0.5, 0.6) is 0 Å². The van der Waals surface area contributed by atoms with Gasteiger partial charge in [0.2, 0.25) is 0 Å². The number of esters is 2. The van der Waals surface area contributed by atoms with E-state index < -0.39 is 0 Å². The molecule has 5 aliphatic carbocycles. The summed E-state index contributed by atoms with van der Waals surface area (Å²) in [6, 6.07) is 0. The molecule has 0 aromatic rings. The van der Waals surface area contributed by atoms with Gasteiger partial charge in [0.1, 0.15) is 0 Å². The van der Waals surface area contributed by atoms with Gasteiger partial charge in [-0.05, 0) is 60.2 Å². The highest BCUT2D eigenvalue weighted by Gasteiger charge is 2.80. The summed E-state index contributed by atoms with van der Waals surface area (Å²) in [6.07, 6.45) is 2.10. The summed E-state index contributed by atoms with van der Waals surface area (Å²) in [6.45, 7) is 0. The third-order valence-corrected chi connectivity index (χ3v) is 7.64. The second kappa shape index (κ2) is 3.40. The molecule has 0 aromatic heterocycles. The molecule has 0 N–H and O–H groups in total. The van der Waals surface area contributed by atoms with Crippen molar-refractivity contribution in [1.29, 1.82) is 0 Å². The predicted octanol–water partition coefficient (Wildman–Crippen LogP) is 1.34. The third kappa shape index (κ3) is 0.961. The highest BCUT2D eigenvalue weighted by molar-refractivity contribution is 5.77. The van der Waals surface area contributed by atoms with Crippen molar-refractivity contribution in [3.05, 3.63) is 0 Å². The number of hydrogen-bond donors (Lipinski definition) is 0. The predicted molar refractivity (Wildman–Crippen MR) is 68.2 cm³/mol. The minimum atomic E-state index is 0.00437. The monoisotopic (exact) mass is 276 g/mol. The Morgan fingerprint density at radius 2 is 1.00 bits per heavy atom. The molecule has 0 radical (unpaired) electrons. The molecule has 10 atom stereocenters. The van der Waals surface area contributed by atoms with Crippen LogP contribution in [0.2, 0.25) is 0 Å². The van der Waals surface area contributed by atoms with Crippen LogP contribution in [0.1, 0.15) is 12.8 Å². The van der Waals surface area contributed by atoms with Crippen LogP contribution in [0.3, 0.4) is 0 Å². The molecule has 0 amide bonds. The van der Waals surface area contributed by atoms with Crippen LogP contribution >= 0.6 is 0 Å². The number of carbonyl (C=O) groups excluding carboxylic acids is 2. The first kappa shape index (κ1) is 11.6. The van der Waals surface area contributed by atoms with Gasteiger partial charge in [-0.2, -0.15) is 0 Å². The molecule has 20 heavy (non-hydrogen) atoms. The lowest BCUT2D eigenvalue weighted by atomic mass is 9.60. The number of ether oxygens (including phenoxy) is 2. The first-order chi connectivity index (χ1) is 9.69. The molecular weight excluding hydrogens is 256 g/mol. The van der Waals surface area contributed by atoms with E-state index in [9.17, 15) is 9.59 Å². The maximum Gasteiger partial charge on any atom is 0.309 e. The van der Waals surface area contributed by atoms with Crippen LogP contribution in [0.4, 0.5) is 0 Å². The van der Waals surface area contributed by atoms with E-state index in [2.05, 4.69) is 0 Å². The minimum Gasteiger partial charge on any atom is -0.469 e. The first-order valence-corrected chi connectivity index (χ1v) is 7.84. The Hall–Kier alpha value is -1.06. The van der Waals surface area contributed by atoms with Crippen molar-refractivity contribution in [3.8, 4) is 0 Å². The van der Waals surface area contributed by atoms with Crippen molar-refractivity contribution in [2.75, 3.05) is 14.2 Å². The minimum absolute atomic E-state index is 0.00437. The molecule has 0 saturated heterocycles. The van der Waals surface area contributed by atoms with Gasteiger partial charge in [-0.15, -0.1) is 0 Å². The Balaban J connectivity index is 1.56. The van der Waals surface area contributed by atoms with Crippen LogP contribution < -0.4 is 0 Å². The van der Waals surface area contributed by atoms with Gasteiger partial charge in [0.15, 0.2) is 0 Å². The highest BCUT2D eigenvalue weighted by Crippen LogP contribution is 2.82. The van der Waals surface area contributed by atoms with Crippen LogP contribution in [-0.4, -0.2) is 26.2 Å². The molecule has 108 valence electrons. The molecule has 5 aliphatic rings. The average Bonchev–Trinajstić information content (AvgIpc) is 3.00. The lowest BCUT2D eigenvalue weighted by Crippen LogP contribution is -2.41. The second-order valence-corrected chi connectivity index (χ2v) is 7.53. The fraction of sp³-hybridized carbons (Fsp3) is 0.875. The molecule has 0 spiro atoms. The van der Waals surface area contributed by atoms with E-state index in [-0.39, 0.29) is 23.8 Å². The number of methoxy groups -OCH3 is 2. The first-order valence-electron chi connectivity index (χ1n) is 7.84. The maximum atomic E-state index is 12.2. The Morgan fingerprint density at radius 3 is 1.25 bits per heavy atom. The smallest absolute Gasteiger partial charge is 0.309 e. The van der Waals surface area contributed by atoms with E-state index in [0.29, 0.717) is 47.3 Å². The molecule has 0 aliphatic heterocycles. The standard InChI is InChI=1S/C16H20O4/c1-19-15(17)9-5-3-7-10(16(18)20-2)8-4-6(9)12-11(5)13(7)14(8)12/h5-14H,3-4H2,1-2H3/t5-,6-,7-,8+,9?,10?,11?,12?,13?,14?/m0/s1. The number of hydrogen-bond acceptors (Lipinski definition) is 4. The fourth-order valence-electron chi connectivity index (χ4n) is 7.57. The van der Waals surface area contributed by atoms with Gasteiger partial charge in [0.05, 0.1) is 26.1 Å². The van der Waals surface area contributed by atoms with E-state index in [1.165, 1.54) is 14.2 Å². The van der Waals surface area contributed by atoms with Gasteiger partial charge in [0, 0.05) is 0 Å². The summed E-state index contributed by atoms with van der Waals surface area (Å²) in [5, 5.41) is 0. The quantitative estimate of drug-likeness (QED) is 0.714. The SMILES string of the molecule is COC(=O)C1[C@@H]2C[C@@H]3C4C2C2C4[C@H](C[C@H]21)C3C(=O)OC. The molecule has 0 bridgehead atoms. The summed E-state index contributed by atoms with van der Waals surface area (Å²) in [5.74, 6) is 5.01. The van der Waals surface area contributed by atoms with Gasteiger partial charge in [0.25, 0.3) is 0 Å². The van der Waals surface area contributed by atoms with Crippen LogP contribution in [-0.2, 0) is 19.1 Å². The van der Waals surface area contributed by atoms with Gasteiger partial charge in [-0.25, -0.2) is 0 Å². The van der Waals surface area contributed by atoms with Gasteiger partial charge in [-0.1, -0.05) is 0 Å². The summed E-state index contributed by atoms with van der Waals surface area (Å²) in [5.41, 5.74) is 0. The maximum absolute atomic E-state index is 12.2. The summed E-state index contributed by atoms with van der Waals surface area (Å²) in [7, 11) is 3.03. The normalized spacial score (nSPS) is 59.5. The van der Waals surface area contributed by atoms with Gasteiger partial charge >= 0.3 is 11.9 Å². The molecule has 4 nitrogen and oxygen atoms in total. The lowest BCUT2D eigenvalue weighted by Gasteiger charge is -2.44. The highest BCUT2D eigenvalue weighted by atomic mass is 16.5. The van der Waals surface area contributed by atoms with Crippen LogP contribution in [0.25, 0.3) is 0 Å². The van der Waals surface area contributed by atoms with Gasteiger partial charge < -0.3 is 9.47 Å². The van der Waals surface area contributed by atoms with E-state index in [0.717, 1.165) is 12.8 Å². The van der Waals surface area contributed by atoms with E-state index >= 15 is 0 Å². The topological polar surface area (TPSA) is 52.6 Å². The largest absolute Gasteiger partial charge is 0.469 e. The Labute approximate surface area is 118 Å². The van der Waals surface area contributed by atoms with Crippen molar-refractivity contribution in [2.45, 2.75) is 12.8 Å². The number of carbonyl (C=O) groups is 2. The fourth-order valence-corrected chi connectivity index (χ4v) is 7.57. The van der Waals surface area contributed by atoms with Crippen molar-refractivity contribution in [2.24, 2.45) is 59.2 Å². The zero-order chi connectivity index (χ0) is 13.8. The molecule has 0 heterocycles. The molecule has 6 unspecified atom stereocenters. The van der Waals surface area contributed by atoms with Gasteiger partial charge in [-0.3, -0.25) is 9.59 Å². The van der Waals surface area contributed by atoms with Crippen molar-refractivity contribution < 1.29 is 19.1 Å². The molecule has 5 saturated carbocycles. The zero-order valence-electron chi connectivity index (χ0n) is 11.8. The van der Waals surface area contributed by atoms with E-state index in [4.69, 9.17) is 9.47 Å². The van der Waals surface area contributed by atoms with Crippen LogP contribution in [0, 0.1) is 59.2 Å². The summed E-state index contributed by atoms with van der Waals surface area (Å²) < 4.78 is 10.1. The molecular formula is C16H20O4. The zero-order valence-corrected chi connectivity index (χ0v) is 11.8. The number of rotatable bonds is 2. The summed E-state index contributed by atoms with van der Waals surface area (Å²) in [4.78, 5) is 24.4. The summed E-state index contributed by atoms with van der Waals surface area (Å²) >= 11 is 0. The van der Waals surface area contributed by atoms with Crippen molar-refractivity contribution >= 4 is 11.9 Å². The Kier molecular flexibility index (Phi) is 1.97. The molecule has 5 rings (SSSR count). The lowest BCUT2D eigenvalue weighted by molar-refractivity contribution is -0.150. The Morgan fingerprint density at radius 1 is 0.700 bits per heavy atom. The Bertz CT molecular complexity index is 433.